The first-order valence-corrected chi connectivity index (χ1v) is 11.7. The first-order valence-electron chi connectivity index (χ1n) is 11.7. The average molecular weight is 477 g/mol. The maximum absolute atomic E-state index is 14.1. The van der Waals surface area contributed by atoms with Gasteiger partial charge in [-0.3, -0.25) is 4.79 Å². The Bertz CT molecular complexity index is 1110. The van der Waals surface area contributed by atoms with Crippen LogP contribution >= 0.6 is 0 Å². The minimum absolute atomic E-state index is 0.0281. The highest BCUT2D eigenvalue weighted by molar-refractivity contribution is 5.99. The third-order valence-corrected chi connectivity index (χ3v) is 7.64. The van der Waals surface area contributed by atoms with Gasteiger partial charge in [0, 0.05) is 19.0 Å². The number of carbonyl (C=O) groups is 1. The smallest absolute Gasteiger partial charge is 0.410 e. The Morgan fingerprint density at radius 1 is 1.24 bits per heavy atom. The van der Waals surface area contributed by atoms with Gasteiger partial charge in [0.05, 0.1) is 19.3 Å². The normalized spacial score (nSPS) is 30.0. The van der Waals surface area contributed by atoms with Crippen LogP contribution in [0.1, 0.15) is 74.5 Å². The number of carbonyl (C=O) groups excluding carboxylic acids is 1. The first-order chi connectivity index (χ1) is 15.9. The topological polar surface area (TPSA) is 59.4 Å². The number of rotatable bonds is 3. The predicted octanol–water partition coefficient (Wildman–Crippen LogP) is 5.59. The van der Waals surface area contributed by atoms with E-state index < -0.39 is 18.3 Å². The molecule has 2 aliphatic heterocycles. The van der Waals surface area contributed by atoms with Crippen molar-refractivity contribution in [1.29, 1.82) is 0 Å². The summed E-state index contributed by atoms with van der Waals surface area (Å²) in [6.07, 6.45) is -0.578. The lowest BCUT2D eigenvalue weighted by molar-refractivity contribution is -0.173. The molecular formula is C25H31F3N4O2. The fraction of sp³-hybridized carbons (Fsp3) is 0.600. The van der Waals surface area contributed by atoms with Crippen molar-refractivity contribution in [2.24, 2.45) is 10.8 Å². The standard InChI is InChI=1S/C25H31F3N4O2/c1-23(2)10-16-11-24(3,13-23)14-31(16)22(33)18-12-29-32-20(25(26,27)28)9-19(30-21(18)32)15-6-5-7-17(8-15)34-4/h5-8,12,16,19-20,30H,9-11,13-14H2,1-4H3/t16-,19+,20+,24+/m1/s1. The second-order valence-corrected chi connectivity index (χ2v) is 11.3. The van der Waals surface area contributed by atoms with E-state index >= 15 is 0 Å². The highest BCUT2D eigenvalue weighted by atomic mass is 19.4. The van der Waals surface area contributed by atoms with Crippen molar-refractivity contribution in [2.45, 2.75) is 70.8 Å². The van der Waals surface area contributed by atoms with Crippen LogP contribution in [0, 0.1) is 10.8 Å². The molecule has 184 valence electrons. The molecule has 9 heteroatoms. The highest BCUT2D eigenvalue weighted by Gasteiger charge is 2.52. The molecule has 2 fully saturated rings. The fourth-order valence-corrected chi connectivity index (χ4v) is 6.65. The van der Waals surface area contributed by atoms with Gasteiger partial charge < -0.3 is 15.0 Å². The number of halogens is 3. The Morgan fingerprint density at radius 2 is 2.00 bits per heavy atom. The van der Waals surface area contributed by atoms with Gasteiger partial charge in [-0.1, -0.05) is 32.9 Å². The van der Waals surface area contributed by atoms with Crippen molar-refractivity contribution in [2.75, 3.05) is 19.0 Å². The van der Waals surface area contributed by atoms with Gasteiger partial charge in [-0.15, -0.1) is 0 Å². The number of anilines is 1. The fourth-order valence-electron chi connectivity index (χ4n) is 6.65. The van der Waals surface area contributed by atoms with E-state index in [-0.39, 0.29) is 40.6 Å². The molecule has 1 saturated carbocycles. The maximum atomic E-state index is 14.1. The van der Waals surface area contributed by atoms with E-state index in [2.05, 4.69) is 31.2 Å². The van der Waals surface area contributed by atoms with E-state index in [9.17, 15) is 18.0 Å². The summed E-state index contributed by atoms with van der Waals surface area (Å²) in [5, 5.41) is 7.25. The van der Waals surface area contributed by atoms with E-state index in [4.69, 9.17) is 4.74 Å². The zero-order chi connectivity index (χ0) is 24.5. The third kappa shape index (κ3) is 3.92. The Kier molecular flexibility index (Phi) is 5.19. The Labute approximate surface area is 197 Å². The number of amides is 1. The number of nitrogens with one attached hydrogen (secondary N) is 1. The molecule has 34 heavy (non-hydrogen) atoms. The van der Waals surface area contributed by atoms with Crippen molar-refractivity contribution in [3.63, 3.8) is 0 Å². The van der Waals surface area contributed by atoms with E-state index in [1.165, 1.54) is 13.3 Å². The second-order valence-electron chi connectivity index (χ2n) is 11.3. The molecule has 0 radical (unpaired) electrons. The van der Waals surface area contributed by atoms with Crippen molar-refractivity contribution in [3.05, 3.63) is 41.6 Å². The third-order valence-electron chi connectivity index (χ3n) is 7.64. The molecule has 5 rings (SSSR count). The minimum Gasteiger partial charge on any atom is -0.497 e. The van der Waals surface area contributed by atoms with Gasteiger partial charge in [0.25, 0.3) is 5.91 Å². The van der Waals surface area contributed by atoms with Gasteiger partial charge in [-0.25, -0.2) is 4.68 Å². The summed E-state index contributed by atoms with van der Waals surface area (Å²) < 4.78 is 48.4. The molecule has 4 atom stereocenters. The maximum Gasteiger partial charge on any atom is 0.410 e. The Balaban J connectivity index is 1.50. The molecule has 6 nitrogen and oxygen atoms in total. The number of hydrogen-bond acceptors (Lipinski definition) is 4. The number of aromatic nitrogens is 2. The van der Waals surface area contributed by atoms with Crippen molar-refractivity contribution < 1.29 is 22.7 Å². The molecule has 2 bridgehead atoms. The number of nitrogens with zero attached hydrogens (tertiary/aromatic N) is 3. The SMILES string of the molecule is COc1cccc([C@@H]2C[C@@H](C(F)(F)F)n3ncc(C(=O)N4C[C@@]5(C)C[C@H]4CC(C)(C)C5)c3N2)c1. The molecular weight excluding hydrogens is 445 g/mol. The molecule has 1 amide bonds. The van der Waals surface area contributed by atoms with Crippen molar-refractivity contribution >= 4 is 11.7 Å². The average Bonchev–Trinajstić information content (AvgIpc) is 3.28. The van der Waals surface area contributed by atoms with E-state index in [1.54, 1.807) is 24.3 Å². The van der Waals surface area contributed by atoms with Crippen molar-refractivity contribution in [3.8, 4) is 5.75 Å². The Hall–Kier alpha value is -2.71. The lowest BCUT2D eigenvalue weighted by Gasteiger charge is -2.39. The van der Waals surface area contributed by atoms with E-state index in [0.717, 1.165) is 23.9 Å². The molecule has 2 aromatic rings. The Morgan fingerprint density at radius 3 is 2.71 bits per heavy atom. The second kappa shape index (κ2) is 7.65. The van der Waals surface area contributed by atoms with Gasteiger partial charge in [-0.2, -0.15) is 18.3 Å². The van der Waals surface area contributed by atoms with Crippen LogP contribution in [0.25, 0.3) is 0 Å². The molecule has 3 aliphatic rings. The van der Waals surface area contributed by atoms with Crippen LogP contribution in [-0.2, 0) is 0 Å². The molecule has 1 aliphatic carbocycles. The molecule has 1 saturated heterocycles. The molecule has 3 heterocycles. The number of fused-ring (bicyclic) bond motifs is 3. The number of hydrogen-bond donors (Lipinski definition) is 1. The van der Waals surface area contributed by atoms with Crippen molar-refractivity contribution in [1.82, 2.24) is 14.7 Å². The summed E-state index contributed by atoms with van der Waals surface area (Å²) in [5.41, 5.74) is 1.03. The van der Waals surface area contributed by atoms with Gasteiger partial charge in [0.1, 0.15) is 17.1 Å². The molecule has 1 aromatic heterocycles. The van der Waals surface area contributed by atoms with Gasteiger partial charge >= 0.3 is 6.18 Å². The molecule has 1 aromatic carbocycles. The molecule has 0 spiro atoms. The van der Waals surface area contributed by atoms with Crippen LogP contribution < -0.4 is 10.1 Å². The van der Waals surface area contributed by atoms with Gasteiger partial charge in [-0.05, 0) is 47.8 Å². The van der Waals surface area contributed by atoms with E-state index in [0.29, 0.717) is 17.9 Å². The number of likely N-dealkylation sites (tertiary alicyclic amines) is 1. The van der Waals surface area contributed by atoms with Crippen LogP contribution in [0.3, 0.4) is 0 Å². The summed E-state index contributed by atoms with van der Waals surface area (Å²) in [6, 6.07) is 4.64. The van der Waals surface area contributed by atoms with Gasteiger partial charge in [0.15, 0.2) is 6.04 Å². The van der Waals surface area contributed by atoms with Crippen LogP contribution in [0.2, 0.25) is 0 Å². The van der Waals surface area contributed by atoms with Crippen LogP contribution in [-0.4, -0.2) is 46.5 Å². The van der Waals surface area contributed by atoms with Crippen LogP contribution in [0.15, 0.2) is 30.5 Å². The molecule has 0 unspecified atom stereocenters. The summed E-state index contributed by atoms with van der Waals surface area (Å²) in [6.45, 7) is 7.27. The zero-order valence-corrected chi connectivity index (χ0v) is 19.9. The number of alkyl halides is 3. The summed E-state index contributed by atoms with van der Waals surface area (Å²) in [5.74, 6) is 0.461. The van der Waals surface area contributed by atoms with Crippen LogP contribution in [0.4, 0.5) is 19.0 Å². The number of methoxy groups -OCH3 is 1. The lowest BCUT2D eigenvalue weighted by Crippen LogP contribution is -2.39. The largest absolute Gasteiger partial charge is 0.497 e. The number of benzene rings is 1. The minimum atomic E-state index is -4.50. The summed E-state index contributed by atoms with van der Waals surface area (Å²) in [4.78, 5) is 15.6. The summed E-state index contributed by atoms with van der Waals surface area (Å²) in [7, 11) is 1.52. The molecule has 1 N–H and O–H groups in total. The highest BCUT2D eigenvalue weighted by Crippen LogP contribution is 2.53. The van der Waals surface area contributed by atoms with Gasteiger partial charge in [0.2, 0.25) is 0 Å². The lowest BCUT2D eigenvalue weighted by atomic mass is 9.65. The first kappa shape index (κ1) is 23.1. The zero-order valence-electron chi connectivity index (χ0n) is 19.9. The monoisotopic (exact) mass is 476 g/mol. The predicted molar refractivity (Wildman–Crippen MR) is 122 cm³/mol. The van der Waals surface area contributed by atoms with E-state index in [1.807, 2.05) is 4.90 Å². The van der Waals surface area contributed by atoms with Crippen LogP contribution in [0.5, 0.6) is 5.75 Å². The summed E-state index contributed by atoms with van der Waals surface area (Å²) >= 11 is 0. The quantitative estimate of drug-likeness (QED) is 0.627. The number of ether oxygens (including phenoxy) is 1.